The van der Waals surface area contributed by atoms with Gasteiger partial charge in [-0.05, 0) is 42.5 Å². The van der Waals surface area contributed by atoms with Gasteiger partial charge in [0.25, 0.3) is 0 Å². The van der Waals surface area contributed by atoms with E-state index < -0.39 is 5.82 Å². The van der Waals surface area contributed by atoms with Crippen LogP contribution >= 0.6 is 12.2 Å². The summed E-state index contributed by atoms with van der Waals surface area (Å²) in [6, 6.07) is 13.7. The number of nitrogens with zero attached hydrogens (tertiary/aromatic N) is 2. The monoisotopic (exact) mass is 269 g/mol. The number of imidazole rings is 1. The van der Waals surface area contributed by atoms with E-state index in [4.69, 9.17) is 17.5 Å². The average Bonchev–Trinajstić information content (AvgIpc) is 2.74. The molecule has 92 valence electrons. The molecular formula is C14H8FN3S. The molecule has 5 heteroatoms. The van der Waals surface area contributed by atoms with Crippen LogP contribution in [0.4, 0.5) is 4.39 Å². The summed E-state index contributed by atoms with van der Waals surface area (Å²) in [6.07, 6.45) is 0. The Bertz CT molecular complexity index is 870. The molecule has 0 bridgehead atoms. The number of H-pyrrole nitrogens is 1. The predicted molar refractivity (Wildman–Crippen MR) is 73.1 cm³/mol. The van der Waals surface area contributed by atoms with E-state index in [1.807, 2.05) is 30.3 Å². The van der Waals surface area contributed by atoms with Crippen LogP contribution in [-0.4, -0.2) is 9.55 Å². The lowest BCUT2D eigenvalue weighted by Crippen LogP contribution is -1.98. The van der Waals surface area contributed by atoms with Gasteiger partial charge in [-0.25, -0.2) is 4.39 Å². The average molecular weight is 269 g/mol. The maximum atomic E-state index is 13.2. The van der Waals surface area contributed by atoms with Gasteiger partial charge >= 0.3 is 0 Å². The number of aromatic nitrogens is 2. The summed E-state index contributed by atoms with van der Waals surface area (Å²) in [7, 11) is 0. The molecule has 0 aliphatic heterocycles. The number of para-hydroxylation sites is 2. The van der Waals surface area contributed by atoms with Crippen LogP contribution in [0.2, 0.25) is 0 Å². The van der Waals surface area contributed by atoms with E-state index in [2.05, 4.69) is 4.98 Å². The van der Waals surface area contributed by atoms with E-state index in [0.29, 0.717) is 10.5 Å². The molecule has 0 fully saturated rings. The number of nitriles is 1. The highest BCUT2D eigenvalue weighted by atomic mass is 32.1. The summed E-state index contributed by atoms with van der Waals surface area (Å²) in [5.74, 6) is -0.438. The third-order valence-electron chi connectivity index (χ3n) is 2.91. The van der Waals surface area contributed by atoms with Crippen LogP contribution < -0.4 is 0 Å². The zero-order valence-electron chi connectivity index (χ0n) is 9.72. The summed E-state index contributed by atoms with van der Waals surface area (Å²) in [4.78, 5) is 3.07. The first-order valence-electron chi connectivity index (χ1n) is 5.60. The van der Waals surface area contributed by atoms with E-state index in [1.165, 1.54) is 12.1 Å². The van der Waals surface area contributed by atoms with Gasteiger partial charge in [0.2, 0.25) is 0 Å². The van der Waals surface area contributed by atoms with Crippen LogP contribution in [0.5, 0.6) is 0 Å². The third kappa shape index (κ3) is 1.83. The van der Waals surface area contributed by atoms with E-state index in [1.54, 1.807) is 10.6 Å². The Kier molecular flexibility index (Phi) is 2.65. The Balaban J connectivity index is 2.40. The molecule has 1 N–H and O–H groups in total. The summed E-state index contributed by atoms with van der Waals surface area (Å²) in [6.45, 7) is 0. The zero-order chi connectivity index (χ0) is 13.4. The molecule has 3 rings (SSSR count). The lowest BCUT2D eigenvalue weighted by Gasteiger charge is -2.06. The Morgan fingerprint density at radius 1 is 1.21 bits per heavy atom. The van der Waals surface area contributed by atoms with Gasteiger partial charge in [-0.3, -0.25) is 4.57 Å². The lowest BCUT2D eigenvalue weighted by molar-refractivity contribution is 0.627. The van der Waals surface area contributed by atoms with Crippen LogP contribution in [0.1, 0.15) is 5.56 Å². The van der Waals surface area contributed by atoms with Crippen molar-refractivity contribution in [1.29, 1.82) is 5.26 Å². The zero-order valence-corrected chi connectivity index (χ0v) is 10.5. The number of benzene rings is 2. The number of hydrogen-bond donors (Lipinski definition) is 1. The highest BCUT2D eigenvalue weighted by Crippen LogP contribution is 2.22. The summed E-state index contributed by atoms with van der Waals surface area (Å²) in [5, 5.41) is 9.13. The minimum absolute atomic E-state index is 0.251. The van der Waals surface area contributed by atoms with Crippen LogP contribution in [0, 0.1) is 21.9 Å². The Morgan fingerprint density at radius 2 is 2.00 bits per heavy atom. The second kappa shape index (κ2) is 4.34. The molecule has 0 amide bonds. The Labute approximate surface area is 113 Å². The number of fused-ring (bicyclic) bond motifs is 1. The van der Waals surface area contributed by atoms with Crippen LogP contribution in [0.25, 0.3) is 16.7 Å². The second-order valence-corrected chi connectivity index (χ2v) is 4.44. The third-order valence-corrected chi connectivity index (χ3v) is 3.19. The van der Waals surface area contributed by atoms with Crippen molar-refractivity contribution >= 4 is 23.3 Å². The molecule has 3 aromatic rings. The van der Waals surface area contributed by atoms with Gasteiger partial charge in [-0.1, -0.05) is 12.1 Å². The molecule has 0 saturated carbocycles. The molecule has 0 aliphatic rings. The van der Waals surface area contributed by atoms with Crippen molar-refractivity contribution in [3.63, 3.8) is 0 Å². The Morgan fingerprint density at radius 3 is 2.79 bits per heavy atom. The van der Waals surface area contributed by atoms with Gasteiger partial charge in [-0.15, -0.1) is 0 Å². The fourth-order valence-electron chi connectivity index (χ4n) is 2.09. The van der Waals surface area contributed by atoms with Crippen LogP contribution in [-0.2, 0) is 0 Å². The maximum absolute atomic E-state index is 13.2. The molecule has 19 heavy (non-hydrogen) atoms. The highest BCUT2D eigenvalue weighted by molar-refractivity contribution is 7.71. The second-order valence-electron chi connectivity index (χ2n) is 4.06. The van der Waals surface area contributed by atoms with E-state index in [9.17, 15) is 4.39 Å². The number of hydrogen-bond acceptors (Lipinski definition) is 2. The first-order chi connectivity index (χ1) is 9.20. The Hall–Kier alpha value is -2.45. The van der Waals surface area contributed by atoms with E-state index in [-0.39, 0.29) is 5.56 Å². The minimum atomic E-state index is -0.438. The van der Waals surface area contributed by atoms with Gasteiger partial charge in [-0.2, -0.15) is 5.26 Å². The molecule has 0 unspecified atom stereocenters. The van der Waals surface area contributed by atoms with Crippen molar-refractivity contribution in [3.8, 4) is 11.8 Å². The van der Waals surface area contributed by atoms with Crippen molar-refractivity contribution in [2.24, 2.45) is 0 Å². The quantitative estimate of drug-likeness (QED) is 0.685. The molecule has 3 nitrogen and oxygen atoms in total. The number of rotatable bonds is 1. The SMILES string of the molecule is N#Cc1cc(F)ccc1-n1c(=S)[nH]c2ccccc21. The summed E-state index contributed by atoms with van der Waals surface area (Å²) in [5.41, 5.74) is 2.56. The first kappa shape index (κ1) is 11.6. The molecule has 1 aromatic heterocycles. The number of halogens is 1. The van der Waals surface area contributed by atoms with E-state index in [0.717, 1.165) is 11.0 Å². The minimum Gasteiger partial charge on any atom is -0.330 e. The molecular weight excluding hydrogens is 261 g/mol. The van der Waals surface area contributed by atoms with Crippen molar-refractivity contribution in [1.82, 2.24) is 9.55 Å². The molecule has 2 aromatic carbocycles. The lowest BCUT2D eigenvalue weighted by atomic mass is 10.2. The standard InChI is InChI=1S/C14H8FN3S/c15-10-5-6-12(9(7-10)8-16)18-13-4-2-1-3-11(13)17-14(18)19/h1-7H,(H,17,19). The number of aromatic amines is 1. The first-order valence-corrected chi connectivity index (χ1v) is 6.01. The number of nitrogens with one attached hydrogen (secondary N) is 1. The van der Waals surface area contributed by atoms with Gasteiger partial charge in [0, 0.05) is 0 Å². The molecule has 0 radical (unpaired) electrons. The highest BCUT2D eigenvalue weighted by Gasteiger charge is 2.10. The maximum Gasteiger partial charge on any atom is 0.182 e. The molecule has 1 heterocycles. The topological polar surface area (TPSA) is 44.5 Å². The largest absolute Gasteiger partial charge is 0.330 e. The van der Waals surface area contributed by atoms with Crippen molar-refractivity contribution in [2.75, 3.05) is 0 Å². The van der Waals surface area contributed by atoms with Gasteiger partial charge < -0.3 is 4.98 Å². The van der Waals surface area contributed by atoms with E-state index >= 15 is 0 Å². The summed E-state index contributed by atoms with van der Waals surface area (Å²) < 4.78 is 15.4. The smallest absolute Gasteiger partial charge is 0.182 e. The van der Waals surface area contributed by atoms with Gasteiger partial charge in [0.1, 0.15) is 11.9 Å². The molecule has 0 atom stereocenters. The van der Waals surface area contributed by atoms with Gasteiger partial charge in [0.05, 0.1) is 22.3 Å². The normalized spacial score (nSPS) is 10.5. The summed E-state index contributed by atoms with van der Waals surface area (Å²) >= 11 is 5.28. The van der Waals surface area contributed by atoms with Crippen LogP contribution in [0.3, 0.4) is 0 Å². The van der Waals surface area contributed by atoms with Crippen molar-refractivity contribution in [2.45, 2.75) is 0 Å². The van der Waals surface area contributed by atoms with Gasteiger partial charge in [0.15, 0.2) is 4.77 Å². The predicted octanol–water partition coefficient (Wildman–Crippen LogP) is 3.70. The van der Waals surface area contributed by atoms with Crippen LogP contribution in [0.15, 0.2) is 42.5 Å². The van der Waals surface area contributed by atoms with Crippen molar-refractivity contribution < 1.29 is 4.39 Å². The molecule has 0 aliphatic carbocycles. The molecule has 0 spiro atoms. The fraction of sp³-hybridized carbons (Fsp3) is 0. The van der Waals surface area contributed by atoms with Crippen molar-refractivity contribution in [3.05, 3.63) is 58.6 Å². The molecule has 0 saturated heterocycles. The fourth-order valence-corrected chi connectivity index (χ4v) is 2.39.